The fourth-order valence-corrected chi connectivity index (χ4v) is 5.17. The molecule has 0 aromatic carbocycles. The fraction of sp³-hybridized carbons (Fsp3) is 0.690. The van der Waals surface area contributed by atoms with Crippen molar-refractivity contribution >= 4 is 66.0 Å². The van der Waals surface area contributed by atoms with Crippen LogP contribution in [-0.4, -0.2) is 122 Å². The monoisotopic (exact) mass is 702 g/mol. The number of carbonyl (C=O) groups excluding carboxylic acids is 6. The van der Waals surface area contributed by atoms with Crippen molar-refractivity contribution in [2.24, 2.45) is 11.8 Å². The van der Waals surface area contributed by atoms with Gasteiger partial charge >= 0.3 is 17.9 Å². The zero-order valence-corrected chi connectivity index (χ0v) is 28.4. The molecule has 48 heavy (non-hydrogen) atoms. The third kappa shape index (κ3) is 13.0. The molecule has 6 atom stereocenters. The second-order valence-corrected chi connectivity index (χ2v) is 12.4. The summed E-state index contributed by atoms with van der Waals surface area (Å²) in [6.45, 7) is 7.70. The van der Waals surface area contributed by atoms with Crippen molar-refractivity contribution in [3.63, 3.8) is 0 Å². The highest BCUT2D eigenvalue weighted by molar-refractivity contribution is 7.80. The van der Waals surface area contributed by atoms with Gasteiger partial charge in [-0.3, -0.25) is 38.4 Å². The van der Waals surface area contributed by atoms with Crippen molar-refractivity contribution < 1.29 is 58.5 Å². The molecule has 0 unspecified atom stereocenters. The number of amides is 6. The average Bonchev–Trinajstić information content (AvgIpc) is 3.47. The van der Waals surface area contributed by atoms with Crippen molar-refractivity contribution in [2.75, 3.05) is 12.3 Å². The quantitative estimate of drug-likeness (QED) is 0.0667. The van der Waals surface area contributed by atoms with E-state index in [-0.39, 0.29) is 18.7 Å². The van der Waals surface area contributed by atoms with E-state index in [0.717, 1.165) is 6.92 Å². The van der Waals surface area contributed by atoms with Gasteiger partial charge in [-0.05, 0) is 31.1 Å². The standard InChI is InChI=1S/C29H46N6O12S/c1-13(2)22(33-24(41)16(8-9-20(37)38)31-25(42)17(11-21(39)40)30-15(5)36)27(44)34-23(14(3)4)28(45)35-10-6-7-19(35)26(43)32-18(12-48)29(46)47/h13-14,16-19,22-23,48H,6-12H2,1-5H3,(H,30,36)(H,31,42)(H,32,43)(H,33,41)(H,34,44)(H,37,38)(H,39,40)(H,46,47)/t16-,17-,18-,19-,22-,23-/m0/s1. The number of rotatable bonds is 19. The van der Waals surface area contributed by atoms with Gasteiger partial charge in [0.25, 0.3) is 0 Å². The predicted octanol–water partition coefficient (Wildman–Crippen LogP) is -1.91. The number of carboxylic acid groups (broad SMARTS) is 3. The first-order valence-electron chi connectivity index (χ1n) is 15.4. The van der Waals surface area contributed by atoms with Gasteiger partial charge < -0.3 is 46.8 Å². The smallest absolute Gasteiger partial charge is 0.327 e. The summed E-state index contributed by atoms with van der Waals surface area (Å²) in [5, 5.41) is 39.4. The Labute approximate surface area is 282 Å². The van der Waals surface area contributed by atoms with Crippen molar-refractivity contribution in [3.05, 3.63) is 0 Å². The Morgan fingerprint density at radius 1 is 0.729 bits per heavy atom. The molecular weight excluding hydrogens is 656 g/mol. The highest BCUT2D eigenvalue weighted by Crippen LogP contribution is 2.21. The van der Waals surface area contributed by atoms with Gasteiger partial charge in [-0.25, -0.2) is 4.79 Å². The lowest BCUT2D eigenvalue weighted by molar-refractivity contribution is -0.145. The molecule has 0 spiro atoms. The number of aliphatic carboxylic acids is 3. The Kier molecular flexibility index (Phi) is 16.8. The highest BCUT2D eigenvalue weighted by Gasteiger charge is 2.41. The molecule has 0 radical (unpaired) electrons. The zero-order chi connectivity index (χ0) is 36.9. The van der Waals surface area contributed by atoms with E-state index in [1.807, 2.05) is 0 Å². The second-order valence-electron chi connectivity index (χ2n) is 12.1. The van der Waals surface area contributed by atoms with Crippen LogP contribution in [0.3, 0.4) is 0 Å². The molecule has 270 valence electrons. The van der Waals surface area contributed by atoms with Gasteiger partial charge in [0.2, 0.25) is 35.4 Å². The maximum atomic E-state index is 13.7. The van der Waals surface area contributed by atoms with E-state index < -0.39 is 121 Å². The van der Waals surface area contributed by atoms with E-state index in [2.05, 4.69) is 39.2 Å². The highest BCUT2D eigenvalue weighted by atomic mass is 32.1. The minimum Gasteiger partial charge on any atom is -0.481 e. The molecule has 0 aromatic rings. The lowest BCUT2D eigenvalue weighted by atomic mass is 9.98. The van der Waals surface area contributed by atoms with Crippen LogP contribution in [0.15, 0.2) is 0 Å². The number of likely N-dealkylation sites (tertiary alicyclic amines) is 1. The molecule has 1 fully saturated rings. The van der Waals surface area contributed by atoms with E-state index in [1.165, 1.54) is 4.90 Å². The van der Waals surface area contributed by atoms with Crippen LogP contribution in [0.5, 0.6) is 0 Å². The van der Waals surface area contributed by atoms with E-state index in [9.17, 15) is 53.4 Å². The Hall–Kier alpha value is -4.42. The lowest BCUT2D eigenvalue weighted by Gasteiger charge is -2.32. The fourth-order valence-electron chi connectivity index (χ4n) is 4.92. The van der Waals surface area contributed by atoms with Crippen LogP contribution in [0, 0.1) is 11.8 Å². The van der Waals surface area contributed by atoms with Crippen LogP contribution in [0.1, 0.15) is 66.7 Å². The minimum atomic E-state index is -1.58. The summed E-state index contributed by atoms with van der Waals surface area (Å²) in [7, 11) is 0. The molecule has 19 heteroatoms. The Bertz CT molecular complexity index is 1230. The number of carboxylic acids is 3. The van der Waals surface area contributed by atoms with Crippen LogP contribution in [0.4, 0.5) is 0 Å². The molecule has 1 aliphatic rings. The molecular formula is C29H46N6O12S. The van der Waals surface area contributed by atoms with Crippen molar-refractivity contribution in [2.45, 2.75) is 103 Å². The van der Waals surface area contributed by atoms with Gasteiger partial charge in [0.05, 0.1) is 6.42 Å². The second kappa shape index (κ2) is 19.4. The van der Waals surface area contributed by atoms with Crippen molar-refractivity contribution in [1.29, 1.82) is 0 Å². The molecule has 0 saturated carbocycles. The summed E-state index contributed by atoms with van der Waals surface area (Å²) >= 11 is 3.94. The molecule has 0 aromatic heterocycles. The zero-order valence-electron chi connectivity index (χ0n) is 27.5. The van der Waals surface area contributed by atoms with Crippen LogP contribution in [0.2, 0.25) is 0 Å². The first kappa shape index (κ1) is 41.6. The summed E-state index contributed by atoms with van der Waals surface area (Å²) in [5.74, 6) is -10.1. The summed E-state index contributed by atoms with van der Waals surface area (Å²) in [6, 6.07) is -7.85. The molecule has 6 amide bonds. The SMILES string of the molecule is CC(=O)N[C@@H](CC(=O)O)C(=O)N[C@@H](CCC(=O)O)C(=O)N[C@H](C(=O)N[C@H](C(=O)N1CCC[C@H]1C(=O)N[C@@H](CS)C(=O)O)C(C)C)C(C)C. The molecule has 1 aliphatic heterocycles. The number of hydrogen-bond acceptors (Lipinski definition) is 10. The van der Waals surface area contributed by atoms with Crippen LogP contribution < -0.4 is 26.6 Å². The topological polar surface area (TPSA) is 278 Å². The predicted molar refractivity (Wildman–Crippen MR) is 170 cm³/mol. The number of carbonyl (C=O) groups is 9. The molecule has 1 heterocycles. The summed E-state index contributed by atoms with van der Waals surface area (Å²) in [5.41, 5.74) is 0. The summed E-state index contributed by atoms with van der Waals surface area (Å²) < 4.78 is 0. The third-order valence-electron chi connectivity index (χ3n) is 7.47. The van der Waals surface area contributed by atoms with Gasteiger partial charge in [-0.15, -0.1) is 0 Å². The maximum Gasteiger partial charge on any atom is 0.327 e. The average molecular weight is 703 g/mol. The van der Waals surface area contributed by atoms with Crippen molar-refractivity contribution in [3.8, 4) is 0 Å². The summed E-state index contributed by atoms with van der Waals surface area (Å²) in [6.07, 6.45) is -1.14. The van der Waals surface area contributed by atoms with E-state index >= 15 is 0 Å². The van der Waals surface area contributed by atoms with Gasteiger partial charge in [0.1, 0.15) is 36.3 Å². The first-order chi connectivity index (χ1) is 22.3. The number of thiol groups is 1. The van der Waals surface area contributed by atoms with E-state index in [1.54, 1.807) is 27.7 Å². The van der Waals surface area contributed by atoms with E-state index in [0.29, 0.717) is 6.42 Å². The number of nitrogens with one attached hydrogen (secondary N) is 5. The maximum absolute atomic E-state index is 13.7. The molecule has 1 saturated heterocycles. The van der Waals surface area contributed by atoms with E-state index in [4.69, 9.17) is 5.11 Å². The largest absolute Gasteiger partial charge is 0.481 e. The molecule has 18 nitrogen and oxygen atoms in total. The molecule has 8 N–H and O–H groups in total. The van der Waals surface area contributed by atoms with Crippen molar-refractivity contribution in [1.82, 2.24) is 31.5 Å². The number of hydrogen-bond donors (Lipinski definition) is 9. The van der Waals surface area contributed by atoms with Crippen LogP contribution in [0.25, 0.3) is 0 Å². The first-order valence-corrected chi connectivity index (χ1v) is 16.0. The normalized spacial score (nSPS) is 17.3. The summed E-state index contributed by atoms with van der Waals surface area (Å²) in [4.78, 5) is 113. The Balaban J connectivity index is 3.19. The molecule has 0 bridgehead atoms. The molecule has 1 rings (SSSR count). The van der Waals surface area contributed by atoms with Gasteiger partial charge in [-0.2, -0.15) is 12.6 Å². The van der Waals surface area contributed by atoms with Gasteiger partial charge in [0, 0.05) is 25.6 Å². The molecule has 0 aliphatic carbocycles. The number of nitrogens with zero attached hydrogens (tertiary/aromatic N) is 1. The van der Waals surface area contributed by atoms with Gasteiger partial charge in [0.15, 0.2) is 0 Å². The Morgan fingerprint density at radius 3 is 1.77 bits per heavy atom. The van der Waals surface area contributed by atoms with Crippen LogP contribution >= 0.6 is 12.6 Å². The minimum absolute atomic E-state index is 0.172. The van der Waals surface area contributed by atoms with Crippen LogP contribution in [-0.2, 0) is 43.2 Å². The lowest BCUT2D eigenvalue weighted by Crippen LogP contribution is -2.61. The third-order valence-corrected chi connectivity index (χ3v) is 7.83. The Morgan fingerprint density at radius 2 is 1.29 bits per heavy atom. The van der Waals surface area contributed by atoms with Gasteiger partial charge in [-0.1, -0.05) is 27.7 Å².